The van der Waals surface area contributed by atoms with Gasteiger partial charge < -0.3 is 10.2 Å². The predicted molar refractivity (Wildman–Crippen MR) is 54.4 cm³/mol. The van der Waals surface area contributed by atoms with E-state index in [-0.39, 0.29) is 12.1 Å². The maximum atomic E-state index is 11.3. The summed E-state index contributed by atoms with van der Waals surface area (Å²) in [5.74, 6) is -0.478. The fourth-order valence-electron chi connectivity index (χ4n) is 1.18. The second-order valence-corrected chi connectivity index (χ2v) is 3.35. The van der Waals surface area contributed by atoms with Crippen molar-refractivity contribution in [2.45, 2.75) is 19.6 Å². The van der Waals surface area contributed by atoms with Gasteiger partial charge in [-0.25, -0.2) is 4.79 Å². The summed E-state index contributed by atoms with van der Waals surface area (Å²) in [6, 6.07) is 0. The van der Waals surface area contributed by atoms with E-state index in [4.69, 9.17) is 10.2 Å². The van der Waals surface area contributed by atoms with Gasteiger partial charge >= 0.3 is 5.69 Å². The Labute approximate surface area is 90.0 Å². The number of carbonyl (C=O) groups excluding carboxylic acids is 1. The van der Waals surface area contributed by atoms with Crippen LogP contribution in [0, 0.1) is 0 Å². The number of H-pyrrole nitrogens is 1. The number of aliphatic hydroxyl groups is 2. The minimum atomic E-state index is -1.12. The molecule has 1 aromatic rings. The molecule has 7 heteroatoms. The van der Waals surface area contributed by atoms with E-state index in [0.717, 1.165) is 10.8 Å². The molecule has 0 saturated heterocycles. The predicted octanol–water partition coefficient (Wildman–Crippen LogP) is -1.91. The first-order valence-corrected chi connectivity index (χ1v) is 4.59. The summed E-state index contributed by atoms with van der Waals surface area (Å²) in [5.41, 5.74) is -1.65. The normalized spacial score (nSPS) is 12.4. The maximum Gasteiger partial charge on any atom is 0.328 e. The zero-order chi connectivity index (χ0) is 12.3. The van der Waals surface area contributed by atoms with Crippen molar-refractivity contribution in [1.82, 2.24) is 9.55 Å². The average Bonchev–Trinajstić information content (AvgIpc) is 2.21. The van der Waals surface area contributed by atoms with Crippen LogP contribution in [0.3, 0.4) is 0 Å². The van der Waals surface area contributed by atoms with Crippen LogP contribution in [-0.4, -0.2) is 38.3 Å². The summed E-state index contributed by atoms with van der Waals surface area (Å²) >= 11 is 0. The number of hydrogen-bond acceptors (Lipinski definition) is 5. The largest absolute Gasteiger partial charge is 0.394 e. The molecular weight excluding hydrogens is 216 g/mol. The van der Waals surface area contributed by atoms with Gasteiger partial charge in [-0.05, 0) is 6.92 Å². The van der Waals surface area contributed by atoms with Gasteiger partial charge in [0.1, 0.15) is 0 Å². The van der Waals surface area contributed by atoms with Gasteiger partial charge in [-0.3, -0.25) is 19.1 Å². The number of aliphatic hydroxyl groups excluding tert-OH is 2. The van der Waals surface area contributed by atoms with Gasteiger partial charge in [0.15, 0.2) is 5.78 Å². The monoisotopic (exact) mass is 228 g/mol. The van der Waals surface area contributed by atoms with Crippen LogP contribution in [0.25, 0.3) is 0 Å². The van der Waals surface area contributed by atoms with Crippen LogP contribution in [0.1, 0.15) is 17.3 Å². The lowest BCUT2D eigenvalue weighted by Crippen LogP contribution is -2.36. The molecule has 0 spiro atoms. The Bertz CT molecular complexity index is 501. The van der Waals surface area contributed by atoms with Crippen molar-refractivity contribution < 1.29 is 15.0 Å². The molecule has 0 fully saturated rings. The third-order valence-corrected chi connectivity index (χ3v) is 2.01. The van der Waals surface area contributed by atoms with Crippen LogP contribution in [0.15, 0.2) is 15.8 Å². The zero-order valence-corrected chi connectivity index (χ0v) is 8.64. The Morgan fingerprint density at radius 2 is 2.19 bits per heavy atom. The third-order valence-electron chi connectivity index (χ3n) is 2.01. The molecule has 0 aliphatic rings. The Morgan fingerprint density at radius 3 is 2.69 bits per heavy atom. The third kappa shape index (κ3) is 2.65. The molecule has 7 nitrogen and oxygen atoms in total. The van der Waals surface area contributed by atoms with E-state index in [2.05, 4.69) is 0 Å². The second kappa shape index (κ2) is 4.86. The molecule has 1 atom stereocenters. The molecule has 1 heterocycles. The van der Waals surface area contributed by atoms with Crippen LogP contribution in [0.2, 0.25) is 0 Å². The molecular formula is C9H12N2O5. The van der Waals surface area contributed by atoms with Crippen molar-refractivity contribution in [1.29, 1.82) is 0 Å². The molecule has 0 unspecified atom stereocenters. The van der Waals surface area contributed by atoms with Gasteiger partial charge in [0.05, 0.1) is 24.8 Å². The van der Waals surface area contributed by atoms with Crippen LogP contribution < -0.4 is 11.2 Å². The highest BCUT2D eigenvalue weighted by molar-refractivity contribution is 5.93. The van der Waals surface area contributed by atoms with Crippen LogP contribution in [0.4, 0.5) is 0 Å². The van der Waals surface area contributed by atoms with Gasteiger partial charge in [-0.15, -0.1) is 0 Å². The fourth-order valence-corrected chi connectivity index (χ4v) is 1.18. The lowest BCUT2D eigenvalue weighted by Gasteiger charge is -2.09. The summed E-state index contributed by atoms with van der Waals surface area (Å²) in [6.07, 6.45) is -0.0500. The molecule has 0 aliphatic carbocycles. The number of aromatic amines is 1. The van der Waals surface area contributed by atoms with Crippen LogP contribution >= 0.6 is 0 Å². The van der Waals surface area contributed by atoms with Crippen molar-refractivity contribution in [3.05, 3.63) is 32.6 Å². The van der Waals surface area contributed by atoms with Crippen LogP contribution in [0.5, 0.6) is 0 Å². The summed E-state index contributed by atoms with van der Waals surface area (Å²) in [7, 11) is 0. The van der Waals surface area contributed by atoms with Crippen molar-refractivity contribution in [2.75, 3.05) is 6.61 Å². The van der Waals surface area contributed by atoms with Crippen molar-refractivity contribution in [3.8, 4) is 0 Å². The lowest BCUT2D eigenvalue weighted by molar-refractivity contribution is 0.0798. The summed E-state index contributed by atoms with van der Waals surface area (Å²) < 4.78 is 0.971. The van der Waals surface area contributed by atoms with E-state index in [0.29, 0.717) is 0 Å². The van der Waals surface area contributed by atoms with E-state index in [1.54, 1.807) is 0 Å². The highest BCUT2D eigenvalue weighted by Gasteiger charge is 2.11. The SMILES string of the molecule is CC(=O)c1cn(C[C@@H](O)CO)c(=O)[nH]c1=O. The summed E-state index contributed by atoms with van der Waals surface area (Å²) in [4.78, 5) is 35.5. The number of hydrogen-bond donors (Lipinski definition) is 3. The minimum absolute atomic E-state index is 0.162. The van der Waals surface area contributed by atoms with Gasteiger partial charge in [-0.1, -0.05) is 0 Å². The Morgan fingerprint density at radius 1 is 1.56 bits per heavy atom. The molecule has 0 radical (unpaired) electrons. The maximum absolute atomic E-state index is 11.3. The van der Waals surface area contributed by atoms with E-state index < -0.39 is 29.7 Å². The molecule has 88 valence electrons. The molecule has 0 amide bonds. The highest BCUT2D eigenvalue weighted by atomic mass is 16.3. The zero-order valence-electron chi connectivity index (χ0n) is 8.64. The number of Topliss-reactive ketones (excluding diaryl/α,β-unsaturated/α-hetero) is 1. The number of ketones is 1. The number of carbonyl (C=O) groups is 1. The van der Waals surface area contributed by atoms with Gasteiger partial charge in [0.25, 0.3) is 5.56 Å². The second-order valence-electron chi connectivity index (χ2n) is 3.35. The van der Waals surface area contributed by atoms with Crippen molar-refractivity contribution in [3.63, 3.8) is 0 Å². The topological polar surface area (TPSA) is 112 Å². The molecule has 0 saturated carbocycles. The number of nitrogens with zero attached hydrogens (tertiary/aromatic N) is 1. The first-order valence-electron chi connectivity index (χ1n) is 4.59. The van der Waals surface area contributed by atoms with Gasteiger partial charge in [-0.2, -0.15) is 0 Å². The van der Waals surface area contributed by atoms with Crippen LogP contribution in [-0.2, 0) is 6.54 Å². The average molecular weight is 228 g/mol. The van der Waals surface area contributed by atoms with E-state index >= 15 is 0 Å². The van der Waals surface area contributed by atoms with Gasteiger partial charge in [0.2, 0.25) is 0 Å². The Hall–Kier alpha value is -1.73. The smallest absolute Gasteiger partial charge is 0.328 e. The molecule has 0 aromatic carbocycles. The molecule has 0 aliphatic heterocycles. The van der Waals surface area contributed by atoms with E-state index in [9.17, 15) is 14.4 Å². The number of nitrogens with one attached hydrogen (secondary N) is 1. The lowest BCUT2D eigenvalue weighted by atomic mass is 10.2. The quantitative estimate of drug-likeness (QED) is 0.521. The molecule has 1 aromatic heterocycles. The molecule has 16 heavy (non-hydrogen) atoms. The summed E-state index contributed by atoms with van der Waals surface area (Å²) in [5, 5.41) is 17.8. The van der Waals surface area contributed by atoms with Crippen molar-refractivity contribution >= 4 is 5.78 Å². The van der Waals surface area contributed by atoms with E-state index in [1.807, 2.05) is 4.98 Å². The summed E-state index contributed by atoms with van der Waals surface area (Å²) in [6.45, 7) is 0.495. The Balaban J connectivity index is 3.20. The first kappa shape index (κ1) is 12.3. The number of rotatable bonds is 4. The molecule has 3 N–H and O–H groups in total. The van der Waals surface area contributed by atoms with Crippen molar-refractivity contribution in [2.24, 2.45) is 0 Å². The standard InChI is InChI=1S/C9H12N2O5/c1-5(13)7-3-11(2-6(14)4-12)9(16)10-8(7)15/h3,6,12,14H,2,4H2,1H3,(H,10,15,16)/t6-/m1/s1. The highest BCUT2D eigenvalue weighted by Crippen LogP contribution is 1.92. The van der Waals surface area contributed by atoms with E-state index in [1.165, 1.54) is 6.92 Å². The first-order chi connectivity index (χ1) is 7.45. The molecule has 1 rings (SSSR count). The number of aromatic nitrogens is 2. The fraction of sp³-hybridized carbons (Fsp3) is 0.444. The Kier molecular flexibility index (Phi) is 3.75. The molecule has 0 bridgehead atoms. The minimum Gasteiger partial charge on any atom is -0.394 e. The van der Waals surface area contributed by atoms with Gasteiger partial charge in [0, 0.05) is 6.20 Å².